The van der Waals surface area contributed by atoms with Gasteiger partial charge in [-0.1, -0.05) is 0 Å². The number of halogens is 2. The minimum atomic E-state index is -3.67. The monoisotopic (exact) mass is 281 g/mol. The van der Waals surface area contributed by atoms with Gasteiger partial charge in [-0.05, 0) is 0 Å². The molecule has 0 aromatic heterocycles. The van der Waals surface area contributed by atoms with Gasteiger partial charge in [-0.15, -0.1) is 0 Å². The van der Waals surface area contributed by atoms with Crippen molar-refractivity contribution in [3.8, 4) is 5.75 Å². The number of hydrogen-bond donors (Lipinski definition) is 0. The summed E-state index contributed by atoms with van der Waals surface area (Å²) < 4.78 is 37.3. The van der Waals surface area contributed by atoms with Gasteiger partial charge in [-0.3, -0.25) is 0 Å². The van der Waals surface area contributed by atoms with Gasteiger partial charge in [0, 0.05) is 0 Å². The molecule has 0 aliphatic carbocycles. The van der Waals surface area contributed by atoms with E-state index >= 15 is 0 Å². The molecular weight excluding hydrogens is 271 g/mol. The summed E-state index contributed by atoms with van der Waals surface area (Å²) in [7, 11) is 1.31. The van der Waals surface area contributed by atoms with Crippen LogP contribution in [-0.4, -0.2) is 37.9 Å². The van der Waals surface area contributed by atoms with E-state index in [-0.39, 0.29) is 34.8 Å². The third-order valence-corrected chi connectivity index (χ3v) is 2.84. The summed E-state index contributed by atoms with van der Waals surface area (Å²) in [5.74, 6) is -4.99. The van der Waals surface area contributed by atoms with Gasteiger partial charge in [0.1, 0.15) is 0 Å². The zero-order chi connectivity index (χ0) is 14.9. The molecule has 1 aromatic carbocycles. The van der Waals surface area contributed by atoms with Gasteiger partial charge in [0.25, 0.3) is 0 Å². The summed E-state index contributed by atoms with van der Waals surface area (Å²) in [6, 6.07) is 2.28. The van der Waals surface area contributed by atoms with E-state index in [1.165, 1.54) is 13.2 Å². The standard InChI is InChI=1S/C12H10BF2NO4/c1-3-20-11-7-5-9(19-2)8(16-18)4-6(7)10(17)12(14,15)13-11/h4-5H,3H2,1-2H3. The van der Waals surface area contributed by atoms with Gasteiger partial charge in [0.15, 0.2) is 0 Å². The van der Waals surface area contributed by atoms with Crippen molar-refractivity contribution < 1.29 is 23.0 Å². The molecule has 0 bridgehead atoms. The third kappa shape index (κ3) is 2.21. The Labute approximate surface area is 113 Å². The molecule has 1 aliphatic heterocycles. The zero-order valence-corrected chi connectivity index (χ0v) is 10.8. The van der Waals surface area contributed by atoms with Crippen molar-refractivity contribution in [2.75, 3.05) is 13.7 Å². The molecule has 0 saturated heterocycles. The Balaban J connectivity index is 2.70. The maximum atomic E-state index is 13.6. The second-order valence-corrected chi connectivity index (χ2v) is 4.05. The summed E-state index contributed by atoms with van der Waals surface area (Å²) in [4.78, 5) is 22.4. The van der Waals surface area contributed by atoms with Crippen LogP contribution in [0.5, 0.6) is 5.75 Å². The van der Waals surface area contributed by atoms with Gasteiger partial charge in [-0.25, -0.2) is 0 Å². The summed E-state index contributed by atoms with van der Waals surface area (Å²) in [6.07, 6.45) is 0. The number of nitroso groups, excluding NO2 is 1. The first-order valence-electron chi connectivity index (χ1n) is 5.78. The van der Waals surface area contributed by atoms with Crippen LogP contribution in [0.4, 0.5) is 14.5 Å². The number of ether oxygens (including phenoxy) is 2. The van der Waals surface area contributed by atoms with Crippen LogP contribution in [0.25, 0.3) is 0 Å². The van der Waals surface area contributed by atoms with Crippen molar-refractivity contribution in [2.24, 2.45) is 5.18 Å². The Morgan fingerprint density at radius 3 is 2.60 bits per heavy atom. The van der Waals surface area contributed by atoms with Crippen LogP contribution < -0.4 is 4.74 Å². The molecule has 0 spiro atoms. The van der Waals surface area contributed by atoms with Gasteiger partial charge in [0.2, 0.25) is 0 Å². The van der Waals surface area contributed by atoms with E-state index in [2.05, 4.69) is 5.18 Å². The summed E-state index contributed by atoms with van der Waals surface area (Å²) in [5, 5.41) is 2.67. The number of carbonyl (C=O) groups is 1. The first kappa shape index (κ1) is 14.3. The summed E-state index contributed by atoms with van der Waals surface area (Å²) in [6.45, 7) is 2.26. The van der Waals surface area contributed by atoms with E-state index in [0.717, 1.165) is 6.07 Å². The fourth-order valence-corrected chi connectivity index (χ4v) is 1.96. The molecule has 0 saturated carbocycles. The second kappa shape index (κ2) is 5.11. The number of fused-ring (bicyclic) bond motifs is 1. The maximum absolute atomic E-state index is 13.6. The molecule has 104 valence electrons. The fourth-order valence-electron chi connectivity index (χ4n) is 1.96. The number of nitrogens with zero attached hydrogens (tertiary/aromatic N) is 1. The molecule has 1 heterocycles. The minimum absolute atomic E-state index is 0.0855. The van der Waals surface area contributed by atoms with Gasteiger partial charge in [0.05, 0.1) is 0 Å². The van der Waals surface area contributed by atoms with E-state index in [9.17, 15) is 18.5 Å². The molecule has 0 atom stereocenters. The fraction of sp³-hybridized carbons (Fsp3) is 0.333. The van der Waals surface area contributed by atoms with E-state index in [1.807, 2.05) is 0 Å². The Morgan fingerprint density at radius 1 is 1.35 bits per heavy atom. The van der Waals surface area contributed by atoms with Gasteiger partial charge >= 0.3 is 113 Å². The molecule has 0 amide bonds. The van der Waals surface area contributed by atoms with Crippen molar-refractivity contribution in [3.05, 3.63) is 28.2 Å². The molecule has 5 nitrogen and oxygen atoms in total. The summed E-state index contributed by atoms with van der Waals surface area (Å²) >= 11 is 0. The number of carbonyl (C=O) groups excluding carboxylic acids is 1. The van der Waals surface area contributed by atoms with E-state index in [1.54, 1.807) is 6.92 Å². The average molecular weight is 281 g/mol. The molecule has 0 N–H and O–H groups in total. The molecule has 0 fully saturated rings. The number of ketones is 1. The third-order valence-electron chi connectivity index (χ3n) is 2.84. The number of benzene rings is 1. The molecule has 0 unspecified atom stereocenters. The molecule has 0 radical (unpaired) electrons. The zero-order valence-electron chi connectivity index (χ0n) is 10.8. The Morgan fingerprint density at radius 2 is 2.05 bits per heavy atom. The van der Waals surface area contributed by atoms with E-state index in [0.29, 0.717) is 6.92 Å². The van der Waals surface area contributed by atoms with Crippen molar-refractivity contribution in [2.45, 2.75) is 12.7 Å². The van der Waals surface area contributed by atoms with E-state index < -0.39 is 11.6 Å². The predicted octanol–water partition coefficient (Wildman–Crippen LogP) is 2.10. The number of rotatable bonds is 4. The molecular formula is C12H10BF2NO4. The van der Waals surface area contributed by atoms with Gasteiger partial charge < -0.3 is 0 Å². The van der Waals surface area contributed by atoms with Crippen molar-refractivity contribution in [1.29, 1.82) is 0 Å². The number of methoxy groups -OCH3 is 1. The first-order valence-corrected chi connectivity index (χ1v) is 5.78. The van der Waals surface area contributed by atoms with Crippen molar-refractivity contribution in [1.82, 2.24) is 0 Å². The van der Waals surface area contributed by atoms with Crippen molar-refractivity contribution in [3.63, 3.8) is 0 Å². The van der Waals surface area contributed by atoms with Crippen LogP contribution in [0.3, 0.4) is 0 Å². The topological polar surface area (TPSA) is 65.0 Å². The number of alkyl halides is 2. The molecule has 1 aromatic rings. The Hall–Kier alpha value is -2.12. The SMILES string of the molecule is CCOC1=BC(F)(F)C(=O)c2cc(N=O)c(OC)cc21. The quantitative estimate of drug-likeness (QED) is 0.626. The number of Topliss-reactive ketones (excluding diaryl/α,β-unsaturated/α-hetero) is 1. The first-order chi connectivity index (χ1) is 9.44. The van der Waals surface area contributed by atoms with Gasteiger partial charge in [-0.2, -0.15) is 0 Å². The van der Waals surface area contributed by atoms with Crippen LogP contribution in [0.15, 0.2) is 17.3 Å². The number of hydrogen-bond acceptors (Lipinski definition) is 5. The van der Waals surface area contributed by atoms with E-state index in [4.69, 9.17) is 9.47 Å². The van der Waals surface area contributed by atoms with Crippen LogP contribution in [0, 0.1) is 4.91 Å². The Kier molecular flexibility index (Phi) is 3.65. The van der Waals surface area contributed by atoms with Crippen LogP contribution in [0.1, 0.15) is 22.8 Å². The normalized spacial score (nSPS) is 15.8. The van der Waals surface area contributed by atoms with Crippen LogP contribution in [0.2, 0.25) is 0 Å². The predicted molar refractivity (Wildman–Crippen MR) is 69.2 cm³/mol. The summed E-state index contributed by atoms with van der Waals surface area (Å²) in [5.41, 5.74) is -0.487. The molecule has 2 rings (SSSR count). The molecule has 8 heteroatoms. The van der Waals surface area contributed by atoms with Crippen molar-refractivity contribution >= 4 is 24.0 Å². The Bertz CT molecular complexity index is 616. The second-order valence-electron chi connectivity index (χ2n) is 4.05. The molecule has 1 aliphatic rings. The van der Waals surface area contributed by atoms with Crippen LogP contribution in [-0.2, 0) is 4.74 Å². The molecule has 20 heavy (non-hydrogen) atoms. The van der Waals surface area contributed by atoms with Crippen LogP contribution >= 0.6 is 0 Å². The average Bonchev–Trinajstić information content (AvgIpc) is 2.43.